The van der Waals surface area contributed by atoms with Crippen LogP contribution in [0.1, 0.15) is 90.2 Å². The maximum atomic E-state index is 16.0. The summed E-state index contributed by atoms with van der Waals surface area (Å²) in [5, 5.41) is 2.89. The Kier molecular flexibility index (Phi) is 9.34. The highest BCUT2D eigenvalue weighted by Crippen LogP contribution is 2.43. The third-order valence-electron chi connectivity index (χ3n) is 10.3. The number of amides is 2. The quantitative estimate of drug-likeness (QED) is 0.435. The van der Waals surface area contributed by atoms with Crippen LogP contribution in [-0.4, -0.2) is 70.6 Å². The molecule has 12 heteroatoms. The lowest BCUT2D eigenvalue weighted by Crippen LogP contribution is -2.55. The summed E-state index contributed by atoms with van der Waals surface area (Å²) < 4.78 is 49.4. The minimum Gasteiger partial charge on any atom is -0.497 e. The molecular formula is C34H44F2N4O6. The highest BCUT2D eigenvalue weighted by Gasteiger charge is 2.51. The minimum absolute atomic E-state index is 0.0188. The molecular weight excluding hydrogens is 598 g/mol. The molecule has 1 N–H and O–H groups in total. The van der Waals surface area contributed by atoms with Crippen molar-refractivity contribution < 1.29 is 37.4 Å². The van der Waals surface area contributed by atoms with E-state index in [0.717, 1.165) is 32.1 Å². The summed E-state index contributed by atoms with van der Waals surface area (Å²) in [6, 6.07) is 3.13. The van der Waals surface area contributed by atoms with Crippen LogP contribution in [0.25, 0.3) is 11.0 Å². The number of methoxy groups -OCH3 is 1. The van der Waals surface area contributed by atoms with Crippen LogP contribution in [0.5, 0.6) is 11.6 Å². The number of benzene rings is 1. The molecule has 0 radical (unpaired) electrons. The van der Waals surface area contributed by atoms with E-state index in [-0.39, 0.29) is 54.0 Å². The van der Waals surface area contributed by atoms with Crippen molar-refractivity contribution in [1.29, 1.82) is 0 Å². The molecule has 3 heterocycles. The predicted octanol–water partition coefficient (Wildman–Crippen LogP) is 5.94. The molecule has 3 fully saturated rings. The van der Waals surface area contributed by atoms with E-state index in [1.165, 1.54) is 18.9 Å². The summed E-state index contributed by atoms with van der Waals surface area (Å²) in [5.41, 5.74) is 0.0640. The van der Waals surface area contributed by atoms with Crippen molar-refractivity contribution in [2.24, 2.45) is 17.8 Å². The number of alkyl halides is 2. The van der Waals surface area contributed by atoms with Crippen molar-refractivity contribution >= 4 is 28.8 Å². The number of rotatable bonds is 4. The second-order valence-electron chi connectivity index (χ2n) is 13.4. The Morgan fingerprint density at radius 3 is 2.48 bits per heavy atom. The van der Waals surface area contributed by atoms with E-state index in [9.17, 15) is 14.4 Å². The molecule has 4 aliphatic rings. The number of ketones is 1. The molecule has 2 bridgehead atoms. The van der Waals surface area contributed by atoms with Gasteiger partial charge in [-0.1, -0.05) is 32.6 Å². The van der Waals surface area contributed by atoms with Crippen molar-refractivity contribution in [3.8, 4) is 11.6 Å². The normalized spacial score (nSPS) is 30.6. The SMILES string of the molecule is CC[C@@H]1[C@@H]2CN(C(=O)[C@H](C3CCCCC3)NC(=O)O[C@@H]3C[C@H]3CCCCC(F)(F)c3nc4ccc(OC)cc4nc3O2)[C@@H]1C(C)=O. The number of hydrogen-bond donors (Lipinski definition) is 1. The van der Waals surface area contributed by atoms with Crippen LogP contribution in [-0.2, 0) is 20.2 Å². The van der Waals surface area contributed by atoms with Crippen LogP contribution in [0.15, 0.2) is 18.2 Å². The second kappa shape index (κ2) is 13.3. The Bertz CT molecular complexity index is 1470. The Morgan fingerprint density at radius 1 is 1.02 bits per heavy atom. The second-order valence-corrected chi connectivity index (χ2v) is 13.4. The van der Waals surface area contributed by atoms with Gasteiger partial charge in [0.1, 0.15) is 24.0 Å². The summed E-state index contributed by atoms with van der Waals surface area (Å²) in [6.07, 6.45) is 4.83. The Balaban J connectivity index is 1.41. The van der Waals surface area contributed by atoms with E-state index < -0.39 is 48.2 Å². The van der Waals surface area contributed by atoms with Gasteiger partial charge >= 0.3 is 6.09 Å². The Hall–Kier alpha value is -3.57. The van der Waals surface area contributed by atoms with Crippen molar-refractivity contribution in [2.45, 2.75) is 115 Å². The van der Waals surface area contributed by atoms with Gasteiger partial charge in [0.2, 0.25) is 11.8 Å². The van der Waals surface area contributed by atoms with Gasteiger partial charge in [-0.3, -0.25) is 9.59 Å². The number of nitrogens with one attached hydrogen (secondary N) is 1. The van der Waals surface area contributed by atoms with E-state index in [4.69, 9.17) is 14.2 Å². The summed E-state index contributed by atoms with van der Waals surface area (Å²) in [4.78, 5) is 51.1. The van der Waals surface area contributed by atoms with E-state index in [2.05, 4.69) is 15.3 Å². The number of hydrogen-bond acceptors (Lipinski definition) is 8. The zero-order chi connectivity index (χ0) is 32.6. The molecule has 250 valence electrons. The standard InChI is InChI=1S/C34H44F2N4O6/c1-4-23-27-18-40(29(23)19(2)41)32(42)28(20-10-6-5-7-11-20)39-33(43)46-26-16-21(26)12-8-9-15-34(35,36)30-31(45-27)38-25-17-22(44-3)13-14-24(25)37-30/h13-14,17,20-21,23,26-29H,4-12,15-16,18H2,1-3H3,(H,39,43)/t21-,23-,26-,27+,28+,29-/m1/s1. The molecule has 2 aliphatic heterocycles. The number of aromatic nitrogens is 2. The zero-order valence-corrected chi connectivity index (χ0v) is 26.8. The average Bonchev–Trinajstić information content (AvgIpc) is 3.67. The van der Waals surface area contributed by atoms with Gasteiger partial charge in [0.25, 0.3) is 5.92 Å². The number of ether oxygens (including phenoxy) is 3. The molecule has 1 saturated heterocycles. The van der Waals surface area contributed by atoms with Crippen molar-refractivity contribution in [1.82, 2.24) is 20.2 Å². The van der Waals surface area contributed by atoms with Crippen molar-refractivity contribution in [3.05, 3.63) is 23.9 Å². The van der Waals surface area contributed by atoms with Crippen LogP contribution in [0, 0.1) is 17.8 Å². The first-order valence-electron chi connectivity index (χ1n) is 16.8. The topological polar surface area (TPSA) is 120 Å². The fourth-order valence-electron chi connectivity index (χ4n) is 7.71. The number of carbonyl (C=O) groups is 3. The van der Waals surface area contributed by atoms with Gasteiger partial charge in [-0.25, -0.2) is 14.8 Å². The van der Waals surface area contributed by atoms with Crippen LogP contribution in [0.2, 0.25) is 0 Å². The van der Waals surface area contributed by atoms with E-state index in [1.54, 1.807) is 18.2 Å². The summed E-state index contributed by atoms with van der Waals surface area (Å²) in [5.74, 6) is -4.25. The summed E-state index contributed by atoms with van der Waals surface area (Å²) in [6.45, 7) is 3.29. The highest BCUT2D eigenvalue weighted by molar-refractivity contribution is 5.92. The number of alkyl carbamates (subject to hydrolysis) is 1. The molecule has 2 aliphatic carbocycles. The van der Waals surface area contributed by atoms with Gasteiger partial charge in [-0.05, 0) is 69.4 Å². The lowest BCUT2D eigenvalue weighted by molar-refractivity contribution is -0.140. The van der Waals surface area contributed by atoms with Gasteiger partial charge in [-0.2, -0.15) is 8.78 Å². The first-order valence-corrected chi connectivity index (χ1v) is 16.8. The first-order chi connectivity index (χ1) is 22.1. The zero-order valence-electron chi connectivity index (χ0n) is 26.8. The molecule has 1 aromatic carbocycles. The van der Waals surface area contributed by atoms with Gasteiger partial charge in [0, 0.05) is 18.4 Å². The highest BCUT2D eigenvalue weighted by atomic mass is 19.3. The fourth-order valence-corrected chi connectivity index (χ4v) is 7.71. The summed E-state index contributed by atoms with van der Waals surface area (Å²) >= 11 is 0. The molecule has 10 nitrogen and oxygen atoms in total. The maximum absolute atomic E-state index is 16.0. The fraction of sp³-hybridized carbons (Fsp3) is 0.676. The van der Waals surface area contributed by atoms with Crippen molar-refractivity contribution in [2.75, 3.05) is 13.7 Å². The largest absolute Gasteiger partial charge is 0.497 e. The number of halogens is 2. The first kappa shape index (κ1) is 32.4. The number of Topliss-reactive ketones (excluding diaryl/α,β-unsaturated/α-hetero) is 1. The maximum Gasteiger partial charge on any atom is 0.408 e. The van der Waals surface area contributed by atoms with Crippen LogP contribution >= 0.6 is 0 Å². The van der Waals surface area contributed by atoms with Gasteiger partial charge in [0.05, 0.1) is 30.7 Å². The van der Waals surface area contributed by atoms with E-state index in [0.29, 0.717) is 36.9 Å². The molecule has 1 aromatic heterocycles. The van der Waals surface area contributed by atoms with Gasteiger partial charge in [-0.15, -0.1) is 0 Å². The molecule has 46 heavy (non-hydrogen) atoms. The third-order valence-corrected chi connectivity index (χ3v) is 10.3. The number of carbonyl (C=O) groups excluding carboxylic acids is 3. The monoisotopic (exact) mass is 642 g/mol. The van der Waals surface area contributed by atoms with Crippen LogP contribution in [0.4, 0.5) is 13.6 Å². The molecule has 0 spiro atoms. The Morgan fingerprint density at radius 2 is 1.76 bits per heavy atom. The molecule has 2 aromatic rings. The molecule has 6 rings (SSSR count). The lowest BCUT2D eigenvalue weighted by Gasteiger charge is -2.34. The summed E-state index contributed by atoms with van der Waals surface area (Å²) in [7, 11) is 1.50. The van der Waals surface area contributed by atoms with Crippen LogP contribution in [0.3, 0.4) is 0 Å². The molecule has 0 unspecified atom stereocenters. The van der Waals surface area contributed by atoms with E-state index >= 15 is 8.78 Å². The third kappa shape index (κ3) is 6.62. The molecule has 2 saturated carbocycles. The number of nitrogens with zero attached hydrogens (tertiary/aromatic N) is 3. The predicted molar refractivity (Wildman–Crippen MR) is 165 cm³/mol. The molecule has 2 amide bonds. The van der Waals surface area contributed by atoms with Crippen LogP contribution < -0.4 is 14.8 Å². The number of fused-ring (bicyclic) bond motifs is 5. The van der Waals surface area contributed by atoms with Crippen molar-refractivity contribution in [3.63, 3.8) is 0 Å². The molecule has 6 atom stereocenters. The smallest absolute Gasteiger partial charge is 0.408 e. The minimum atomic E-state index is -3.34. The van der Waals surface area contributed by atoms with E-state index in [1.807, 2.05) is 6.92 Å². The Labute approximate surface area is 267 Å². The van der Waals surface area contributed by atoms with Gasteiger partial charge < -0.3 is 24.4 Å². The lowest BCUT2D eigenvalue weighted by atomic mass is 9.83. The van der Waals surface area contributed by atoms with Gasteiger partial charge in [0.15, 0.2) is 11.5 Å². The average molecular weight is 643 g/mol.